The van der Waals surface area contributed by atoms with Crippen molar-refractivity contribution in [1.29, 1.82) is 0 Å². The number of ether oxygens (including phenoxy) is 2. The Kier molecular flexibility index (Phi) is 3.29. The summed E-state index contributed by atoms with van der Waals surface area (Å²) in [6.07, 6.45) is 2.08. The van der Waals surface area contributed by atoms with E-state index >= 15 is 0 Å². The van der Waals surface area contributed by atoms with Crippen LogP contribution < -0.4 is 4.74 Å². The zero-order valence-electron chi connectivity index (χ0n) is 8.41. The van der Waals surface area contributed by atoms with E-state index < -0.39 is 0 Å². The molecule has 0 bridgehead atoms. The summed E-state index contributed by atoms with van der Waals surface area (Å²) in [5.74, 6) is 1.31. The van der Waals surface area contributed by atoms with Gasteiger partial charge in [0.2, 0.25) is 0 Å². The quantitative estimate of drug-likeness (QED) is 0.567. The van der Waals surface area contributed by atoms with Gasteiger partial charge in [0.1, 0.15) is 18.5 Å². The largest absolute Gasteiger partial charge is 0.491 e. The molecule has 1 unspecified atom stereocenters. The lowest BCUT2D eigenvalue weighted by Gasteiger charge is -2.07. The molecule has 0 N–H and O–H groups in total. The molecule has 0 aromatic heterocycles. The maximum absolute atomic E-state index is 5.83. The summed E-state index contributed by atoms with van der Waals surface area (Å²) in [7, 11) is 0. The molecule has 1 aliphatic rings. The molecular weight excluding hydrogens is 212 g/mol. The Hall–Kier alpha value is -0.990. The number of hydrogen-bond acceptors (Lipinski definition) is 2. The predicted molar refractivity (Wildman–Crippen MR) is 61.3 cm³/mol. The molecule has 15 heavy (non-hydrogen) atoms. The fourth-order valence-corrected chi connectivity index (χ4v) is 1.57. The molecule has 0 spiro atoms. The van der Waals surface area contributed by atoms with Gasteiger partial charge in [-0.05, 0) is 23.3 Å². The third-order valence-corrected chi connectivity index (χ3v) is 2.60. The summed E-state index contributed by atoms with van der Waals surface area (Å²) in [5.41, 5.74) is 2.10. The molecule has 1 aromatic carbocycles. The van der Waals surface area contributed by atoms with Crippen molar-refractivity contribution in [2.75, 3.05) is 13.2 Å². The van der Waals surface area contributed by atoms with Crippen molar-refractivity contribution < 1.29 is 9.47 Å². The van der Waals surface area contributed by atoms with E-state index in [1.54, 1.807) is 6.08 Å². The number of halogens is 1. The fourth-order valence-electron chi connectivity index (χ4n) is 1.34. The number of benzene rings is 1. The molecule has 1 saturated heterocycles. The van der Waals surface area contributed by atoms with Gasteiger partial charge in [-0.3, -0.25) is 0 Å². The van der Waals surface area contributed by atoms with Crippen molar-refractivity contribution in [3.8, 4) is 5.75 Å². The zero-order chi connectivity index (χ0) is 10.7. The second-order valence-corrected chi connectivity index (χ2v) is 3.73. The first-order valence-electron chi connectivity index (χ1n) is 4.89. The normalized spacial score (nSPS) is 18.6. The van der Waals surface area contributed by atoms with Crippen molar-refractivity contribution in [3.63, 3.8) is 0 Å². The minimum atomic E-state index is 0.281. The molecule has 0 radical (unpaired) electrons. The molecule has 0 amide bonds. The van der Waals surface area contributed by atoms with Crippen LogP contribution in [0.4, 0.5) is 0 Å². The van der Waals surface area contributed by atoms with Crippen LogP contribution in [0.15, 0.2) is 24.8 Å². The van der Waals surface area contributed by atoms with Gasteiger partial charge < -0.3 is 9.47 Å². The average molecular weight is 225 g/mol. The number of hydrogen-bond donors (Lipinski definition) is 0. The van der Waals surface area contributed by atoms with Crippen molar-refractivity contribution in [1.82, 2.24) is 0 Å². The molecule has 3 heteroatoms. The van der Waals surface area contributed by atoms with Gasteiger partial charge in [0, 0.05) is 5.88 Å². The topological polar surface area (TPSA) is 21.8 Å². The van der Waals surface area contributed by atoms with Gasteiger partial charge in [0.15, 0.2) is 0 Å². The average Bonchev–Trinajstić information content (AvgIpc) is 3.09. The van der Waals surface area contributed by atoms with Crippen molar-refractivity contribution >= 4 is 17.7 Å². The van der Waals surface area contributed by atoms with Gasteiger partial charge in [0.25, 0.3) is 0 Å². The van der Waals surface area contributed by atoms with Crippen LogP contribution in [0.25, 0.3) is 6.08 Å². The second kappa shape index (κ2) is 4.69. The number of alkyl halides is 1. The summed E-state index contributed by atoms with van der Waals surface area (Å²) in [6, 6.07) is 5.84. The number of rotatable bonds is 5. The summed E-state index contributed by atoms with van der Waals surface area (Å²) >= 11 is 5.83. The van der Waals surface area contributed by atoms with Gasteiger partial charge in [-0.25, -0.2) is 0 Å². The summed E-state index contributed by atoms with van der Waals surface area (Å²) in [4.78, 5) is 0. The van der Waals surface area contributed by atoms with Gasteiger partial charge >= 0.3 is 0 Å². The monoisotopic (exact) mass is 224 g/mol. The van der Waals surface area contributed by atoms with E-state index in [0.717, 1.165) is 23.5 Å². The molecule has 1 atom stereocenters. The van der Waals surface area contributed by atoms with Gasteiger partial charge in [-0.2, -0.15) is 0 Å². The van der Waals surface area contributed by atoms with Crippen molar-refractivity contribution in [2.24, 2.45) is 0 Å². The summed E-state index contributed by atoms with van der Waals surface area (Å²) in [5, 5.41) is 0. The predicted octanol–water partition coefficient (Wildman–Crippen LogP) is 2.85. The molecule has 2 rings (SSSR count). The Morgan fingerprint density at radius 1 is 1.60 bits per heavy atom. The molecule has 0 saturated carbocycles. The fraction of sp³-hybridized carbons (Fsp3) is 0.333. The van der Waals surface area contributed by atoms with Gasteiger partial charge in [-0.1, -0.05) is 18.7 Å². The zero-order valence-corrected chi connectivity index (χ0v) is 9.17. The molecular formula is C12H13ClO2. The molecule has 80 valence electrons. The van der Waals surface area contributed by atoms with Crippen molar-refractivity contribution in [3.05, 3.63) is 35.9 Å². The van der Waals surface area contributed by atoms with Crippen LogP contribution in [-0.4, -0.2) is 19.3 Å². The first-order valence-corrected chi connectivity index (χ1v) is 5.42. The SMILES string of the molecule is C=Cc1ccc(OCC2CO2)cc1CCl. The Balaban J connectivity index is 2.06. The Labute approximate surface area is 94.5 Å². The van der Waals surface area contributed by atoms with E-state index in [9.17, 15) is 0 Å². The molecule has 1 aromatic rings. The molecule has 0 aliphatic carbocycles. The van der Waals surface area contributed by atoms with Crippen LogP contribution in [-0.2, 0) is 10.6 Å². The molecule has 1 fully saturated rings. The van der Waals surface area contributed by atoms with Gasteiger partial charge in [0.05, 0.1) is 6.61 Å². The maximum Gasteiger partial charge on any atom is 0.119 e. The number of epoxide rings is 1. The van der Waals surface area contributed by atoms with Crippen LogP contribution in [0.5, 0.6) is 5.75 Å². The standard InChI is InChI=1S/C12H13ClO2/c1-2-9-3-4-11(5-10(9)6-13)14-7-12-8-15-12/h2-5,12H,1,6-8H2. The Morgan fingerprint density at radius 3 is 3.00 bits per heavy atom. The summed E-state index contributed by atoms with van der Waals surface area (Å²) in [6.45, 7) is 5.17. The Bertz CT molecular complexity index is 359. The highest BCUT2D eigenvalue weighted by Crippen LogP contribution is 2.21. The lowest BCUT2D eigenvalue weighted by Crippen LogP contribution is -2.04. The van der Waals surface area contributed by atoms with Crippen LogP contribution >= 0.6 is 11.6 Å². The van der Waals surface area contributed by atoms with Crippen LogP contribution in [0.1, 0.15) is 11.1 Å². The molecule has 1 aliphatic heterocycles. The van der Waals surface area contributed by atoms with E-state index in [2.05, 4.69) is 6.58 Å². The lowest BCUT2D eigenvalue weighted by molar-refractivity contribution is 0.263. The maximum atomic E-state index is 5.83. The first-order chi connectivity index (χ1) is 7.33. The van der Waals surface area contributed by atoms with Crippen LogP contribution in [0, 0.1) is 0 Å². The molecule has 2 nitrogen and oxygen atoms in total. The van der Waals surface area contributed by atoms with E-state index in [4.69, 9.17) is 21.1 Å². The van der Waals surface area contributed by atoms with E-state index in [1.165, 1.54) is 0 Å². The highest BCUT2D eigenvalue weighted by molar-refractivity contribution is 6.17. The van der Waals surface area contributed by atoms with Crippen LogP contribution in [0.3, 0.4) is 0 Å². The minimum Gasteiger partial charge on any atom is -0.491 e. The van der Waals surface area contributed by atoms with E-state index in [0.29, 0.717) is 12.5 Å². The second-order valence-electron chi connectivity index (χ2n) is 3.46. The first kappa shape index (κ1) is 10.5. The Morgan fingerprint density at radius 2 is 2.40 bits per heavy atom. The van der Waals surface area contributed by atoms with E-state index in [1.807, 2.05) is 18.2 Å². The minimum absolute atomic E-state index is 0.281. The third kappa shape index (κ3) is 2.74. The third-order valence-electron chi connectivity index (χ3n) is 2.32. The van der Waals surface area contributed by atoms with Crippen LogP contribution in [0.2, 0.25) is 0 Å². The van der Waals surface area contributed by atoms with Gasteiger partial charge in [-0.15, -0.1) is 11.6 Å². The molecule has 1 heterocycles. The summed E-state index contributed by atoms with van der Waals surface area (Å²) < 4.78 is 10.6. The highest BCUT2D eigenvalue weighted by Gasteiger charge is 2.23. The van der Waals surface area contributed by atoms with E-state index in [-0.39, 0.29) is 6.10 Å². The smallest absolute Gasteiger partial charge is 0.119 e. The highest BCUT2D eigenvalue weighted by atomic mass is 35.5. The lowest BCUT2D eigenvalue weighted by atomic mass is 10.1. The van der Waals surface area contributed by atoms with Crippen molar-refractivity contribution in [2.45, 2.75) is 12.0 Å².